The third-order valence-corrected chi connectivity index (χ3v) is 4.32. The van der Waals surface area contributed by atoms with Crippen molar-refractivity contribution < 1.29 is 13.9 Å². The number of amides is 1. The molecule has 1 fully saturated rings. The molecule has 1 atom stereocenters. The molecule has 116 valence electrons. The maximum Gasteiger partial charge on any atom is 0.289 e. The number of rotatable bonds is 4. The lowest BCUT2D eigenvalue weighted by molar-refractivity contribution is -0.00753. The van der Waals surface area contributed by atoms with Gasteiger partial charge >= 0.3 is 0 Å². The Morgan fingerprint density at radius 1 is 1.32 bits per heavy atom. The Morgan fingerprint density at radius 3 is 2.86 bits per heavy atom. The smallest absolute Gasteiger partial charge is 0.289 e. The predicted octanol–water partition coefficient (Wildman–Crippen LogP) is 3.86. The van der Waals surface area contributed by atoms with E-state index in [0.29, 0.717) is 18.9 Å². The molecule has 5 heteroatoms. The Balaban J connectivity index is 1.54. The molecule has 0 N–H and O–H groups in total. The van der Waals surface area contributed by atoms with Gasteiger partial charge < -0.3 is 14.1 Å². The predicted molar refractivity (Wildman–Crippen MR) is 86.6 cm³/mol. The molecule has 0 spiro atoms. The van der Waals surface area contributed by atoms with Gasteiger partial charge in [0.2, 0.25) is 0 Å². The Bertz CT molecular complexity index is 609. The van der Waals surface area contributed by atoms with Gasteiger partial charge in [-0.3, -0.25) is 4.79 Å². The van der Waals surface area contributed by atoms with E-state index in [4.69, 9.17) is 9.15 Å². The Hall–Kier alpha value is -1.59. The van der Waals surface area contributed by atoms with Crippen molar-refractivity contribution in [1.29, 1.82) is 0 Å². The van der Waals surface area contributed by atoms with E-state index in [1.165, 1.54) is 6.26 Å². The molecule has 0 bridgehead atoms. The van der Waals surface area contributed by atoms with Crippen molar-refractivity contribution in [3.63, 3.8) is 0 Å². The number of nitrogens with zero attached hydrogens (tertiary/aromatic N) is 1. The Kier molecular flexibility index (Phi) is 4.95. The van der Waals surface area contributed by atoms with Crippen LogP contribution in [0.1, 0.15) is 29.0 Å². The molecular formula is C17H18BrNO3. The molecule has 1 saturated heterocycles. The molecule has 1 amide bonds. The maximum absolute atomic E-state index is 12.3. The summed E-state index contributed by atoms with van der Waals surface area (Å²) < 4.78 is 12.2. The highest BCUT2D eigenvalue weighted by Crippen LogP contribution is 2.18. The molecule has 1 aliphatic heterocycles. The molecule has 0 radical (unpaired) electrons. The second-order valence-corrected chi connectivity index (χ2v) is 6.35. The standard InChI is InChI=1S/C17H18BrNO3/c18-14-7-5-13(6-8-14)12-22-15-3-1-9-19(11-15)17(20)16-4-2-10-21-16/h2,4-8,10,15H,1,3,9,11-12H2. The van der Waals surface area contributed by atoms with Gasteiger partial charge in [-0.05, 0) is 42.7 Å². The summed E-state index contributed by atoms with van der Waals surface area (Å²) in [5.41, 5.74) is 1.14. The number of benzene rings is 1. The summed E-state index contributed by atoms with van der Waals surface area (Å²) in [5.74, 6) is 0.343. The van der Waals surface area contributed by atoms with E-state index < -0.39 is 0 Å². The summed E-state index contributed by atoms with van der Waals surface area (Å²) in [4.78, 5) is 14.1. The van der Waals surface area contributed by atoms with Crippen molar-refractivity contribution in [2.45, 2.75) is 25.6 Å². The number of piperidine rings is 1. The van der Waals surface area contributed by atoms with E-state index in [2.05, 4.69) is 15.9 Å². The fourth-order valence-electron chi connectivity index (χ4n) is 2.61. The van der Waals surface area contributed by atoms with Gasteiger partial charge in [-0.1, -0.05) is 28.1 Å². The second-order valence-electron chi connectivity index (χ2n) is 5.43. The van der Waals surface area contributed by atoms with Gasteiger partial charge in [-0.25, -0.2) is 0 Å². The van der Waals surface area contributed by atoms with E-state index in [-0.39, 0.29) is 12.0 Å². The molecule has 0 aliphatic carbocycles. The molecule has 1 aromatic heterocycles. The number of ether oxygens (including phenoxy) is 1. The monoisotopic (exact) mass is 363 g/mol. The third-order valence-electron chi connectivity index (χ3n) is 3.80. The molecule has 1 unspecified atom stereocenters. The van der Waals surface area contributed by atoms with Crippen molar-refractivity contribution in [1.82, 2.24) is 4.90 Å². The number of furan rings is 1. The number of likely N-dealkylation sites (tertiary alicyclic amines) is 1. The molecule has 0 saturated carbocycles. The molecular weight excluding hydrogens is 346 g/mol. The zero-order valence-corrected chi connectivity index (χ0v) is 13.8. The number of carbonyl (C=O) groups excluding carboxylic acids is 1. The lowest BCUT2D eigenvalue weighted by Gasteiger charge is -2.32. The Labute approximate surface area is 138 Å². The van der Waals surface area contributed by atoms with Gasteiger partial charge in [-0.15, -0.1) is 0 Å². The van der Waals surface area contributed by atoms with Crippen LogP contribution in [0.2, 0.25) is 0 Å². The van der Waals surface area contributed by atoms with Crippen LogP contribution in [0, 0.1) is 0 Å². The van der Waals surface area contributed by atoms with Gasteiger partial charge in [0.05, 0.1) is 19.0 Å². The summed E-state index contributed by atoms with van der Waals surface area (Å²) in [5, 5.41) is 0. The van der Waals surface area contributed by atoms with Crippen molar-refractivity contribution in [2.75, 3.05) is 13.1 Å². The normalized spacial score (nSPS) is 18.4. The number of hydrogen-bond acceptors (Lipinski definition) is 3. The van der Waals surface area contributed by atoms with Crippen molar-refractivity contribution >= 4 is 21.8 Å². The third kappa shape index (κ3) is 3.78. The number of halogens is 1. The van der Waals surface area contributed by atoms with Crippen LogP contribution in [0.5, 0.6) is 0 Å². The number of carbonyl (C=O) groups is 1. The first-order valence-corrected chi connectivity index (χ1v) is 8.20. The highest BCUT2D eigenvalue weighted by atomic mass is 79.9. The van der Waals surface area contributed by atoms with Crippen LogP contribution in [-0.4, -0.2) is 30.0 Å². The zero-order valence-electron chi connectivity index (χ0n) is 12.2. The first-order chi connectivity index (χ1) is 10.7. The van der Waals surface area contributed by atoms with Crippen LogP contribution >= 0.6 is 15.9 Å². The van der Waals surface area contributed by atoms with Crippen LogP contribution in [-0.2, 0) is 11.3 Å². The van der Waals surface area contributed by atoms with Crippen LogP contribution in [0.4, 0.5) is 0 Å². The summed E-state index contributed by atoms with van der Waals surface area (Å²) in [6.07, 6.45) is 3.55. The first-order valence-electron chi connectivity index (χ1n) is 7.41. The fraction of sp³-hybridized carbons (Fsp3) is 0.353. The van der Waals surface area contributed by atoms with E-state index in [1.54, 1.807) is 12.1 Å². The average molecular weight is 364 g/mol. The van der Waals surface area contributed by atoms with Gasteiger partial charge in [-0.2, -0.15) is 0 Å². The summed E-state index contributed by atoms with van der Waals surface area (Å²) in [7, 11) is 0. The first kappa shape index (κ1) is 15.3. The SMILES string of the molecule is O=C(c1ccco1)N1CCCC(OCc2ccc(Br)cc2)C1. The highest BCUT2D eigenvalue weighted by molar-refractivity contribution is 9.10. The van der Waals surface area contributed by atoms with E-state index in [9.17, 15) is 4.79 Å². The molecule has 22 heavy (non-hydrogen) atoms. The van der Waals surface area contributed by atoms with Crippen LogP contribution in [0.15, 0.2) is 51.6 Å². The van der Waals surface area contributed by atoms with Crippen LogP contribution in [0.3, 0.4) is 0 Å². The second kappa shape index (κ2) is 7.11. The van der Waals surface area contributed by atoms with Gasteiger partial charge in [0.15, 0.2) is 5.76 Å². The molecule has 1 aromatic carbocycles. The fourth-order valence-corrected chi connectivity index (χ4v) is 2.87. The summed E-state index contributed by atoms with van der Waals surface area (Å²) >= 11 is 3.42. The lowest BCUT2D eigenvalue weighted by atomic mass is 10.1. The topological polar surface area (TPSA) is 42.7 Å². The Morgan fingerprint density at radius 2 is 2.14 bits per heavy atom. The zero-order chi connectivity index (χ0) is 15.4. The van der Waals surface area contributed by atoms with E-state index >= 15 is 0 Å². The van der Waals surface area contributed by atoms with Crippen molar-refractivity contribution in [2.24, 2.45) is 0 Å². The quantitative estimate of drug-likeness (QED) is 0.827. The lowest BCUT2D eigenvalue weighted by Crippen LogP contribution is -2.43. The number of hydrogen-bond donors (Lipinski definition) is 0. The minimum atomic E-state index is -0.0538. The molecule has 2 aromatic rings. The average Bonchev–Trinajstić information content (AvgIpc) is 3.08. The molecule has 1 aliphatic rings. The summed E-state index contributed by atoms with van der Waals surface area (Å²) in [6.45, 7) is 1.95. The van der Waals surface area contributed by atoms with Crippen molar-refractivity contribution in [3.05, 3.63) is 58.5 Å². The minimum absolute atomic E-state index is 0.0538. The van der Waals surface area contributed by atoms with Crippen LogP contribution < -0.4 is 0 Å². The minimum Gasteiger partial charge on any atom is -0.459 e. The highest BCUT2D eigenvalue weighted by Gasteiger charge is 2.26. The van der Waals surface area contributed by atoms with E-state index in [1.807, 2.05) is 29.2 Å². The summed E-state index contributed by atoms with van der Waals surface area (Å²) in [6, 6.07) is 11.5. The van der Waals surface area contributed by atoms with Gasteiger partial charge in [0.1, 0.15) is 0 Å². The van der Waals surface area contributed by atoms with Gasteiger partial charge in [0.25, 0.3) is 5.91 Å². The van der Waals surface area contributed by atoms with E-state index in [0.717, 1.165) is 29.4 Å². The molecule has 4 nitrogen and oxygen atoms in total. The maximum atomic E-state index is 12.3. The van der Waals surface area contributed by atoms with Crippen molar-refractivity contribution in [3.8, 4) is 0 Å². The molecule has 2 heterocycles. The molecule has 3 rings (SSSR count). The van der Waals surface area contributed by atoms with Crippen LogP contribution in [0.25, 0.3) is 0 Å². The largest absolute Gasteiger partial charge is 0.459 e. The van der Waals surface area contributed by atoms with Gasteiger partial charge in [0, 0.05) is 17.6 Å².